The fourth-order valence-electron chi connectivity index (χ4n) is 2.67. The summed E-state index contributed by atoms with van der Waals surface area (Å²) in [5.74, 6) is -1.44. The van der Waals surface area contributed by atoms with E-state index in [0.717, 1.165) is 35.8 Å². The molecule has 0 aliphatic heterocycles. The summed E-state index contributed by atoms with van der Waals surface area (Å²) in [6.07, 6.45) is 2.19. The largest absolute Gasteiger partial charge is 0.480 e. The van der Waals surface area contributed by atoms with E-state index in [1.165, 1.54) is 6.92 Å². The lowest BCUT2D eigenvalue weighted by Crippen LogP contribution is -2.38. The third-order valence-electron chi connectivity index (χ3n) is 4.62. The summed E-state index contributed by atoms with van der Waals surface area (Å²) in [4.78, 5) is 30.2. The molecule has 0 aliphatic carbocycles. The highest BCUT2D eigenvalue weighted by Crippen LogP contribution is 2.29. The van der Waals surface area contributed by atoms with E-state index in [-0.39, 0.29) is 11.3 Å². The van der Waals surface area contributed by atoms with Gasteiger partial charge in [0.15, 0.2) is 5.13 Å². The maximum absolute atomic E-state index is 12.2. The number of thiazole rings is 1. The molecule has 1 atom stereocenters. The van der Waals surface area contributed by atoms with Gasteiger partial charge in [0.2, 0.25) is 0 Å². The summed E-state index contributed by atoms with van der Waals surface area (Å²) in [6, 6.07) is 6.38. The maximum Gasteiger partial charge on any atom is 0.325 e. The SMILES string of the molecule is CCCCN(Cc1ccc(C(=O)NC(C)C(=O)O)cc1)c1nc(C(C)(C)C)cs1. The van der Waals surface area contributed by atoms with Crippen molar-refractivity contribution in [2.24, 2.45) is 0 Å². The van der Waals surface area contributed by atoms with Gasteiger partial charge in [0, 0.05) is 29.4 Å². The predicted octanol–water partition coefficient (Wildman–Crippen LogP) is 4.45. The minimum absolute atomic E-state index is 0.0211. The third kappa shape index (κ3) is 6.56. The van der Waals surface area contributed by atoms with Gasteiger partial charge in [-0.1, -0.05) is 46.2 Å². The fraction of sp³-hybridized carbons (Fsp3) is 0.500. The smallest absolute Gasteiger partial charge is 0.325 e. The Labute approximate surface area is 177 Å². The van der Waals surface area contributed by atoms with Gasteiger partial charge in [0.25, 0.3) is 5.91 Å². The molecule has 29 heavy (non-hydrogen) atoms. The second-order valence-corrected chi connectivity index (χ2v) is 9.11. The summed E-state index contributed by atoms with van der Waals surface area (Å²) in [5.41, 5.74) is 2.65. The van der Waals surface area contributed by atoms with Crippen molar-refractivity contribution in [2.45, 2.75) is 65.5 Å². The summed E-state index contributed by atoms with van der Waals surface area (Å²) in [6.45, 7) is 11.7. The molecule has 7 heteroatoms. The van der Waals surface area contributed by atoms with Crippen LogP contribution in [0.4, 0.5) is 5.13 Å². The molecule has 0 aliphatic rings. The Morgan fingerprint density at radius 3 is 2.41 bits per heavy atom. The van der Waals surface area contributed by atoms with Gasteiger partial charge in [-0.05, 0) is 31.0 Å². The van der Waals surface area contributed by atoms with Gasteiger partial charge in [-0.2, -0.15) is 0 Å². The summed E-state index contributed by atoms with van der Waals surface area (Å²) in [5, 5.41) is 14.5. The van der Waals surface area contributed by atoms with E-state index in [1.54, 1.807) is 23.5 Å². The second-order valence-electron chi connectivity index (χ2n) is 8.27. The average Bonchev–Trinajstić information content (AvgIpc) is 3.16. The monoisotopic (exact) mass is 417 g/mol. The molecule has 2 N–H and O–H groups in total. The number of nitrogens with one attached hydrogen (secondary N) is 1. The van der Waals surface area contributed by atoms with Gasteiger partial charge in [0.05, 0.1) is 5.69 Å². The Bertz CT molecular complexity index is 825. The molecule has 1 heterocycles. The number of unbranched alkanes of at least 4 members (excludes halogenated alkanes) is 1. The first-order valence-corrected chi connectivity index (χ1v) is 10.8. The number of carboxylic acids is 1. The molecule has 0 bridgehead atoms. The zero-order chi connectivity index (χ0) is 21.6. The molecule has 2 rings (SSSR count). The van der Waals surface area contributed by atoms with E-state index in [9.17, 15) is 9.59 Å². The highest BCUT2D eigenvalue weighted by molar-refractivity contribution is 7.13. The number of aromatic nitrogens is 1. The Balaban J connectivity index is 2.12. The summed E-state index contributed by atoms with van der Waals surface area (Å²) < 4.78 is 0. The van der Waals surface area contributed by atoms with Crippen LogP contribution in [0, 0.1) is 0 Å². The molecule has 1 amide bonds. The van der Waals surface area contributed by atoms with E-state index >= 15 is 0 Å². The molecule has 6 nitrogen and oxygen atoms in total. The first kappa shape index (κ1) is 22.9. The molecular weight excluding hydrogens is 386 g/mol. The highest BCUT2D eigenvalue weighted by atomic mass is 32.1. The fourth-order valence-corrected chi connectivity index (χ4v) is 3.75. The van der Waals surface area contributed by atoms with Gasteiger partial charge < -0.3 is 15.3 Å². The highest BCUT2D eigenvalue weighted by Gasteiger charge is 2.20. The van der Waals surface area contributed by atoms with Crippen molar-refractivity contribution in [3.63, 3.8) is 0 Å². The summed E-state index contributed by atoms with van der Waals surface area (Å²) in [7, 11) is 0. The van der Waals surface area contributed by atoms with Crippen LogP contribution in [0.1, 0.15) is 69.1 Å². The molecule has 1 unspecified atom stereocenters. The standard InChI is InChI=1S/C22H31N3O3S/c1-6-7-12-25(21-24-18(14-29-21)22(3,4)5)13-16-8-10-17(11-9-16)19(26)23-15(2)20(27)28/h8-11,14-15H,6-7,12-13H2,1-5H3,(H,23,26)(H,27,28). The zero-order valence-electron chi connectivity index (χ0n) is 17.9. The molecule has 0 saturated heterocycles. The van der Waals surface area contributed by atoms with Crippen LogP contribution in [0.5, 0.6) is 0 Å². The van der Waals surface area contributed by atoms with Crippen LogP contribution in [0.3, 0.4) is 0 Å². The van der Waals surface area contributed by atoms with Gasteiger partial charge >= 0.3 is 5.97 Å². The molecule has 1 aromatic carbocycles. The number of carbonyl (C=O) groups excluding carboxylic acids is 1. The molecule has 0 fully saturated rings. The Morgan fingerprint density at radius 1 is 1.24 bits per heavy atom. The number of aliphatic carboxylic acids is 1. The lowest BCUT2D eigenvalue weighted by molar-refractivity contribution is -0.138. The van der Waals surface area contributed by atoms with Crippen molar-refractivity contribution in [2.75, 3.05) is 11.4 Å². The Kier molecular flexibility index (Phi) is 7.79. The van der Waals surface area contributed by atoms with E-state index in [1.807, 2.05) is 12.1 Å². The van der Waals surface area contributed by atoms with Crippen molar-refractivity contribution in [1.82, 2.24) is 10.3 Å². The number of rotatable bonds is 9. The number of carboxylic acid groups (broad SMARTS) is 1. The molecule has 0 spiro atoms. The predicted molar refractivity (Wildman–Crippen MR) is 118 cm³/mol. The number of anilines is 1. The Hall–Kier alpha value is -2.41. The molecular formula is C22H31N3O3S. The van der Waals surface area contributed by atoms with Crippen LogP contribution in [0.2, 0.25) is 0 Å². The van der Waals surface area contributed by atoms with Gasteiger partial charge in [-0.3, -0.25) is 9.59 Å². The number of nitrogens with zero attached hydrogens (tertiary/aromatic N) is 2. The molecule has 0 radical (unpaired) electrons. The molecule has 158 valence electrons. The normalized spacial score (nSPS) is 12.4. The maximum atomic E-state index is 12.2. The van der Waals surface area contributed by atoms with Crippen LogP contribution in [-0.2, 0) is 16.8 Å². The minimum atomic E-state index is -1.06. The van der Waals surface area contributed by atoms with Gasteiger partial charge in [0.1, 0.15) is 6.04 Å². The first-order chi connectivity index (χ1) is 13.6. The van der Waals surface area contributed by atoms with E-state index in [2.05, 4.69) is 43.3 Å². The number of amides is 1. The van der Waals surface area contributed by atoms with E-state index < -0.39 is 12.0 Å². The first-order valence-electron chi connectivity index (χ1n) is 9.95. The third-order valence-corrected chi connectivity index (χ3v) is 5.52. The molecule has 0 saturated carbocycles. The van der Waals surface area contributed by atoms with E-state index in [4.69, 9.17) is 10.1 Å². The Morgan fingerprint density at radius 2 is 1.90 bits per heavy atom. The van der Waals surface area contributed by atoms with Crippen LogP contribution in [0.15, 0.2) is 29.6 Å². The number of benzene rings is 1. The minimum Gasteiger partial charge on any atom is -0.480 e. The second kappa shape index (κ2) is 9.87. The van der Waals surface area contributed by atoms with Crippen molar-refractivity contribution in [1.29, 1.82) is 0 Å². The van der Waals surface area contributed by atoms with Gasteiger partial charge in [-0.25, -0.2) is 4.98 Å². The van der Waals surface area contributed by atoms with E-state index in [0.29, 0.717) is 12.1 Å². The average molecular weight is 418 g/mol. The topological polar surface area (TPSA) is 82.5 Å². The number of hydrogen-bond acceptors (Lipinski definition) is 5. The zero-order valence-corrected chi connectivity index (χ0v) is 18.7. The van der Waals surface area contributed by atoms with Crippen LogP contribution in [0.25, 0.3) is 0 Å². The van der Waals surface area contributed by atoms with Crippen molar-refractivity contribution < 1.29 is 14.7 Å². The lowest BCUT2D eigenvalue weighted by Gasteiger charge is -2.22. The van der Waals surface area contributed by atoms with Crippen molar-refractivity contribution >= 4 is 28.3 Å². The van der Waals surface area contributed by atoms with Crippen LogP contribution >= 0.6 is 11.3 Å². The number of hydrogen-bond donors (Lipinski definition) is 2. The van der Waals surface area contributed by atoms with Crippen molar-refractivity contribution in [3.8, 4) is 0 Å². The van der Waals surface area contributed by atoms with Crippen LogP contribution < -0.4 is 10.2 Å². The summed E-state index contributed by atoms with van der Waals surface area (Å²) >= 11 is 1.67. The van der Waals surface area contributed by atoms with Crippen LogP contribution in [-0.4, -0.2) is 34.6 Å². The molecule has 2 aromatic rings. The number of carbonyl (C=O) groups is 2. The molecule has 1 aromatic heterocycles. The van der Waals surface area contributed by atoms with Crippen molar-refractivity contribution in [3.05, 3.63) is 46.5 Å². The van der Waals surface area contributed by atoms with Gasteiger partial charge in [-0.15, -0.1) is 11.3 Å². The lowest BCUT2D eigenvalue weighted by atomic mass is 9.93. The quantitative estimate of drug-likeness (QED) is 0.630.